The maximum atomic E-state index is 12.6. The van der Waals surface area contributed by atoms with Crippen molar-refractivity contribution in [3.8, 4) is 5.75 Å². The summed E-state index contributed by atoms with van der Waals surface area (Å²) in [6.07, 6.45) is 0. The molecule has 0 atom stereocenters. The molecule has 0 saturated carbocycles. The standard InChI is InChI=1S/C20H18O5S/c1-13-4-8-17(9-5-13)26(22,23)19-11-10-18(25-19)20(21)24-16-7-6-14(2)15(3)12-16/h4-12H,1-3H3. The molecule has 0 spiro atoms. The summed E-state index contributed by atoms with van der Waals surface area (Å²) in [4.78, 5) is 12.3. The van der Waals surface area contributed by atoms with Gasteiger partial charge in [-0.15, -0.1) is 0 Å². The van der Waals surface area contributed by atoms with E-state index in [1.165, 1.54) is 24.3 Å². The molecule has 0 amide bonds. The summed E-state index contributed by atoms with van der Waals surface area (Å²) in [5.74, 6) is -0.551. The maximum Gasteiger partial charge on any atom is 0.379 e. The van der Waals surface area contributed by atoms with Gasteiger partial charge >= 0.3 is 5.97 Å². The van der Waals surface area contributed by atoms with E-state index in [-0.39, 0.29) is 15.7 Å². The predicted molar refractivity (Wildman–Crippen MR) is 96.2 cm³/mol. The number of carbonyl (C=O) groups is 1. The molecule has 0 aliphatic heterocycles. The van der Waals surface area contributed by atoms with E-state index in [1.807, 2.05) is 26.8 Å². The van der Waals surface area contributed by atoms with Gasteiger partial charge in [-0.1, -0.05) is 23.8 Å². The number of rotatable bonds is 4. The predicted octanol–water partition coefficient (Wildman–Crippen LogP) is 4.26. The zero-order valence-electron chi connectivity index (χ0n) is 14.6. The molecule has 0 aliphatic rings. The van der Waals surface area contributed by atoms with Crippen LogP contribution in [0.1, 0.15) is 27.2 Å². The van der Waals surface area contributed by atoms with Crippen molar-refractivity contribution in [2.75, 3.05) is 0 Å². The van der Waals surface area contributed by atoms with Gasteiger partial charge in [0, 0.05) is 0 Å². The van der Waals surface area contributed by atoms with E-state index in [0.29, 0.717) is 5.75 Å². The molecule has 0 fully saturated rings. The van der Waals surface area contributed by atoms with Crippen LogP contribution >= 0.6 is 0 Å². The SMILES string of the molecule is Cc1ccc(S(=O)(=O)c2ccc(C(=O)Oc3ccc(C)c(C)c3)o2)cc1. The first-order chi connectivity index (χ1) is 12.3. The van der Waals surface area contributed by atoms with Gasteiger partial charge in [0.1, 0.15) is 5.75 Å². The van der Waals surface area contributed by atoms with Crippen molar-refractivity contribution in [2.45, 2.75) is 30.8 Å². The number of benzene rings is 2. The lowest BCUT2D eigenvalue weighted by Crippen LogP contribution is -2.07. The average Bonchev–Trinajstić information content (AvgIpc) is 3.10. The molecule has 3 rings (SSSR count). The smallest absolute Gasteiger partial charge is 0.379 e. The fourth-order valence-electron chi connectivity index (χ4n) is 2.34. The van der Waals surface area contributed by atoms with Gasteiger partial charge in [0.2, 0.25) is 20.7 Å². The van der Waals surface area contributed by atoms with E-state index in [0.717, 1.165) is 16.7 Å². The van der Waals surface area contributed by atoms with Gasteiger partial charge in [0.15, 0.2) is 0 Å². The molecule has 0 radical (unpaired) electrons. The van der Waals surface area contributed by atoms with Crippen molar-refractivity contribution in [1.82, 2.24) is 0 Å². The van der Waals surface area contributed by atoms with Gasteiger partial charge in [-0.2, -0.15) is 0 Å². The average molecular weight is 370 g/mol. The highest BCUT2D eigenvalue weighted by Gasteiger charge is 2.24. The normalized spacial score (nSPS) is 11.3. The van der Waals surface area contributed by atoms with Crippen LogP contribution in [0, 0.1) is 20.8 Å². The molecule has 2 aromatic carbocycles. The summed E-state index contributed by atoms with van der Waals surface area (Å²) in [5, 5.41) is -0.298. The minimum absolute atomic E-state index is 0.103. The first-order valence-electron chi connectivity index (χ1n) is 7.98. The van der Waals surface area contributed by atoms with Gasteiger partial charge in [-0.25, -0.2) is 13.2 Å². The molecular weight excluding hydrogens is 352 g/mol. The lowest BCUT2D eigenvalue weighted by atomic mass is 10.1. The molecule has 0 saturated heterocycles. The number of hydrogen-bond acceptors (Lipinski definition) is 5. The highest BCUT2D eigenvalue weighted by atomic mass is 32.2. The third-order valence-corrected chi connectivity index (χ3v) is 5.71. The van der Waals surface area contributed by atoms with E-state index < -0.39 is 15.8 Å². The molecule has 0 aliphatic carbocycles. The van der Waals surface area contributed by atoms with Crippen LogP contribution in [0.5, 0.6) is 5.75 Å². The Morgan fingerprint density at radius 2 is 1.58 bits per heavy atom. The van der Waals surface area contributed by atoms with Gasteiger partial charge in [0.25, 0.3) is 0 Å². The van der Waals surface area contributed by atoms with Crippen molar-refractivity contribution in [1.29, 1.82) is 0 Å². The van der Waals surface area contributed by atoms with Gasteiger partial charge in [-0.05, 0) is 68.3 Å². The molecule has 0 bridgehead atoms. The number of aryl methyl sites for hydroxylation is 3. The fraction of sp³-hybridized carbons (Fsp3) is 0.150. The first kappa shape index (κ1) is 17.9. The molecule has 1 aromatic heterocycles. The summed E-state index contributed by atoms with van der Waals surface area (Å²) in [7, 11) is -3.83. The second-order valence-electron chi connectivity index (χ2n) is 6.07. The van der Waals surface area contributed by atoms with Crippen molar-refractivity contribution in [2.24, 2.45) is 0 Å². The van der Waals surface area contributed by atoms with Crippen LogP contribution in [0.15, 0.2) is 69.0 Å². The quantitative estimate of drug-likeness (QED) is 0.507. The number of carbonyl (C=O) groups excluding carboxylic acids is 1. The molecule has 0 N–H and O–H groups in total. The van der Waals surface area contributed by atoms with Gasteiger partial charge < -0.3 is 9.15 Å². The molecule has 3 aromatic rings. The molecule has 134 valence electrons. The Kier molecular flexibility index (Phi) is 4.70. The molecular formula is C20H18O5S. The van der Waals surface area contributed by atoms with Crippen molar-refractivity contribution in [3.05, 3.63) is 77.0 Å². The summed E-state index contributed by atoms with van der Waals surface area (Å²) < 4.78 is 35.7. The highest BCUT2D eigenvalue weighted by molar-refractivity contribution is 7.91. The maximum absolute atomic E-state index is 12.6. The molecule has 0 unspecified atom stereocenters. The lowest BCUT2D eigenvalue weighted by Gasteiger charge is -2.05. The zero-order chi connectivity index (χ0) is 18.9. The second kappa shape index (κ2) is 6.80. The third-order valence-electron chi connectivity index (χ3n) is 4.07. The summed E-state index contributed by atoms with van der Waals surface area (Å²) in [6, 6.07) is 14.2. The van der Waals surface area contributed by atoms with E-state index in [9.17, 15) is 13.2 Å². The monoisotopic (exact) mass is 370 g/mol. The van der Waals surface area contributed by atoms with Crippen LogP contribution in [0.4, 0.5) is 0 Å². The largest absolute Gasteiger partial charge is 0.437 e. The van der Waals surface area contributed by atoms with E-state index >= 15 is 0 Å². The molecule has 5 nitrogen and oxygen atoms in total. The Labute approximate surface area is 152 Å². The van der Waals surface area contributed by atoms with Crippen molar-refractivity contribution < 1.29 is 22.4 Å². The second-order valence-corrected chi connectivity index (χ2v) is 7.95. The minimum atomic E-state index is -3.83. The topological polar surface area (TPSA) is 73.6 Å². The first-order valence-corrected chi connectivity index (χ1v) is 9.47. The Hall–Kier alpha value is -2.86. The number of esters is 1. The van der Waals surface area contributed by atoms with E-state index in [4.69, 9.17) is 9.15 Å². The summed E-state index contributed by atoms with van der Waals surface area (Å²) in [5.41, 5.74) is 3.01. The van der Waals surface area contributed by atoms with Crippen molar-refractivity contribution in [3.63, 3.8) is 0 Å². The van der Waals surface area contributed by atoms with Gasteiger partial charge in [-0.3, -0.25) is 0 Å². The zero-order valence-corrected chi connectivity index (χ0v) is 15.5. The Balaban J connectivity index is 1.83. The fourth-order valence-corrected chi connectivity index (χ4v) is 3.52. The number of furan rings is 1. The van der Waals surface area contributed by atoms with Crippen LogP contribution in [-0.4, -0.2) is 14.4 Å². The van der Waals surface area contributed by atoms with E-state index in [1.54, 1.807) is 24.3 Å². The van der Waals surface area contributed by atoms with E-state index in [2.05, 4.69) is 0 Å². The van der Waals surface area contributed by atoms with Crippen LogP contribution < -0.4 is 4.74 Å². The minimum Gasteiger partial charge on any atom is -0.437 e. The Morgan fingerprint density at radius 3 is 2.23 bits per heavy atom. The third kappa shape index (κ3) is 3.55. The van der Waals surface area contributed by atoms with Crippen LogP contribution in [0.3, 0.4) is 0 Å². The van der Waals surface area contributed by atoms with Crippen LogP contribution in [0.25, 0.3) is 0 Å². The van der Waals surface area contributed by atoms with Gasteiger partial charge in [0.05, 0.1) is 4.90 Å². The summed E-state index contributed by atoms with van der Waals surface area (Å²) >= 11 is 0. The number of hydrogen-bond donors (Lipinski definition) is 0. The number of ether oxygens (including phenoxy) is 1. The Morgan fingerprint density at radius 1 is 0.885 bits per heavy atom. The van der Waals surface area contributed by atoms with Crippen molar-refractivity contribution >= 4 is 15.8 Å². The van der Waals surface area contributed by atoms with Crippen LogP contribution in [0.2, 0.25) is 0 Å². The molecule has 1 heterocycles. The number of sulfone groups is 1. The van der Waals surface area contributed by atoms with Crippen LogP contribution in [-0.2, 0) is 9.84 Å². The molecule has 6 heteroatoms. The highest BCUT2D eigenvalue weighted by Crippen LogP contribution is 2.24. The lowest BCUT2D eigenvalue weighted by molar-refractivity contribution is 0.0695. The summed E-state index contributed by atoms with van der Waals surface area (Å²) in [6.45, 7) is 5.73. The Bertz CT molecular complexity index is 1060. The molecule has 26 heavy (non-hydrogen) atoms.